The number of H-pyrrole nitrogens is 1. The molecule has 1 saturated heterocycles. The molecule has 3 rings (SSSR count). The molecule has 10 heteroatoms. The molecule has 0 aromatic carbocycles. The van der Waals surface area contributed by atoms with Crippen molar-refractivity contribution >= 4 is 21.6 Å². The standard InChI is InChI=1S/C17H23N5O4S/c1-11-8-15(21-17(18)19-11)22-6-3-7-26-9-14(22)13-5-4-12(20-16(13)23)10-27(2,24)25/h4-5,8,14H,3,6-7,9-10H2,1-2H3,(H,20,23)(H2,18,19,21). The van der Waals surface area contributed by atoms with Crippen molar-refractivity contribution in [2.75, 3.05) is 36.6 Å². The van der Waals surface area contributed by atoms with Gasteiger partial charge in [0.25, 0.3) is 5.56 Å². The highest BCUT2D eigenvalue weighted by atomic mass is 32.2. The zero-order valence-electron chi connectivity index (χ0n) is 15.3. The van der Waals surface area contributed by atoms with E-state index in [2.05, 4.69) is 15.0 Å². The minimum Gasteiger partial charge on any atom is -0.379 e. The van der Waals surface area contributed by atoms with Crippen LogP contribution in [0.3, 0.4) is 0 Å². The molecular weight excluding hydrogens is 370 g/mol. The van der Waals surface area contributed by atoms with Gasteiger partial charge in [-0.1, -0.05) is 0 Å². The van der Waals surface area contributed by atoms with Crippen molar-refractivity contribution in [3.05, 3.63) is 45.5 Å². The first-order chi connectivity index (χ1) is 12.7. The Hall–Kier alpha value is -2.46. The van der Waals surface area contributed by atoms with Crippen molar-refractivity contribution < 1.29 is 13.2 Å². The lowest BCUT2D eigenvalue weighted by Crippen LogP contribution is -2.35. The van der Waals surface area contributed by atoms with Crippen molar-refractivity contribution in [1.29, 1.82) is 0 Å². The predicted octanol–water partition coefficient (Wildman–Crippen LogP) is 0.568. The number of nitrogens with one attached hydrogen (secondary N) is 1. The molecular formula is C17H23N5O4S. The van der Waals surface area contributed by atoms with Crippen LogP contribution >= 0.6 is 0 Å². The second-order valence-corrected chi connectivity index (χ2v) is 8.84. The van der Waals surface area contributed by atoms with Gasteiger partial charge in [0.1, 0.15) is 5.82 Å². The summed E-state index contributed by atoms with van der Waals surface area (Å²) in [6.07, 6.45) is 1.91. The Balaban J connectivity index is 1.99. The average Bonchev–Trinajstić information content (AvgIpc) is 2.78. The lowest BCUT2D eigenvalue weighted by atomic mass is 10.1. The Kier molecular flexibility index (Phi) is 5.47. The van der Waals surface area contributed by atoms with Gasteiger partial charge >= 0.3 is 0 Å². The van der Waals surface area contributed by atoms with Crippen LogP contribution in [0.1, 0.15) is 29.4 Å². The average molecular weight is 393 g/mol. The molecule has 2 aromatic rings. The van der Waals surface area contributed by atoms with Gasteiger partial charge in [-0.05, 0) is 25.5 Å². The number of nitrogens with zero attached hydrogens (tertiary/aromatic N) is 3. The smallest absolute Gasteiger partial charge is 0.253 e. The molecule has 27 heavy (non-hydrogen) atoms. The summed E-state index contributed by atoms with van der Waals surface area (Å²) in [6, 6.07) is 4.74. The SMILES string of the molecule is Cc1cc(N2CCCOCC2c2ccc(CS(C)(=O)=O)[nH]c2=O)nc(N)n1. The van der Waals surface area contributed by atoms with Gasteiger partial charge in [0, 0.05) is 42.4 Å². The van der Waals surface area contributed by atoms with Gasteiger partial charge in [0.15, 0.2) is 9.84 Å². The van der Waals surface area contributed by atoms with Gasteiger partial charge < -0.3 is 20.4 Å². The van der Waals surface area contributed by atoms with Crippen molar-refractivity contribution in [3.8, 4) is 0 Å². The van der Waals surface area contributed by atoms with Crippen molar-refractivity contribution in [1.82, 2.24) is 15.0 Å². The van der Waals surface area contributed by atoms with Gasteiger partial charge in [-0.15, -0.1) is 0 Å². The fourth-order valence-corrected chi connectivity index (χ4v) is 3.92. The van der Waals surface area contributed by atoms with Crippen LogP contribution in [0.2, 0.25) is 0 Å². The third-order valence-electron chi connectivity index (χ3n) is 4.27. The van der Waals surface area contributed by atoms with E-state index in [0.29, 0.717) is 36.8 Å². The summed E-state index contributed by atoms with van der Waals surface area (Å²) in [6.45, 7) is 3.37. The van der Waals surface area contributed by atoms with Crippen LogP contribution in [0.25, 0.3) is 0 Å². The quantitative estimate of drug-likeness (QED) is 0.771. The molecule has 0 spiro atoms. The van der Waals surface area contributed by atoms with Crippen molar-refractivity contribution in [2.45, 2.75) is 25.1 Å². The molecule has 1 aliphatic heterocycles. The van der Waals surface area contributed by atoms with Gasteiger partial charge in [-0.3, -0.25) is 4.79 Å². The number of aryl methyl sites for hydroxylation is 1. The first-order valence-corrected chi connectivity index (χ1v) is 10.6. The number of nitrogen functional groups attached to an aromatic ring is 1. The molecule has 0 radical (unpaired) electrons. The zero-order chi connectivity index (χ0) is 19.6. The molecule has 0 bridgehead atoms. The highest BCUT2D eigenvalue weighted by molar-refractivity contribution is 7.89. The number of nitrogens with two attached hydrogens (primary N) is 1. The summed E-state index contributed by atoms with van der Waals surface area (Å²) in [4.78, 5) is 25.7. The van der Waals surface area contributed by atoms with E-state index in [1.165, 1.54) is 0 Å². The van der Waals surface area contributed by atoms with E-state index in [9.17, 15) is 13.2 Å². The number of aromatic amines is 1. The number of hydrogen-bond acceptors (Lipinski definition) is 8. The predicted molar refractivity (Wildman–Crippen MR) is 102 cm³/mol. The number of anilines is 2. The van der Waals surface area contributed by atoms with Gasteiger partial charge in [0.2, 0.25) is 5.95 Å². The largest absolute Gasteiger partial charge is 0.379 e. The summed E-state index contributed by atoms with van der Waals surface area (Å²) in [5.74, 6) is 0.594. The minimum absolute atomic E-state index is 0.173. The number of pyridine rings is 1. The molecule has 0 aliphatic carbocycles. The Morgan fingerprint density at radius 1 is 1.37 bits per heavy atom. The molecule has 9 nitrogen and oxygen atoms in total. The highest BCUT2D eigenvalue weighted by Crippen LogP contribution is 2.27. The highest BCUT2D eigenvalue weighted by Gasteiger charge is 2.27. The fraction of sp³-hybridized carbons (Fsp3) is 0.471. The number of ether oxygens (including phenoxy) is 1. The maximum atomic E-state index is 12.7. The topological polar surface area (TPSA) is 131 Å². The molecule has 3 N–H and O–H groups in total. The third kappa shape index (κ3) is 4.83. The van der Waals surface area contributed by atoms with Crippen LogP contribution in [0.4, 0.5) is 11.8 Å². The molecule has 2 aromatic heterocycles. The molecule has 0 amide bonds. The second kappa shape index (κ2) is 7.65. The summed E-state index contributed by atoms with van der Waals surface area (Å²) in [7, 11) is -3.24. The summed E-state index contributed by atoms with van der Waals surface area (Å²) in [5, 5.41) is 0. The molecule has 1 atom stereocenters. The first-order valence-electron chi connectivity index (χ1n) is 8.58. The lowest BCUT2D eigenvalue weighted by molar-refractivity contribution is 0.134. The van der Waals surface area contributed by atoms with E-state index in [-0.39, 0.29) is 23.3 Å². The number of rotatable bonds is 4. The van der Waals surface area contributed by atoms with Gasteiger partial charge in [0.05, 0.1) is 18.4 Å². The van der Waals surface area contributed by atoms with Gasteiger partial charge in [-0.2, -0.15) is 4.98 Å². The maximum Gasteiger partial charge on any atom is 0.253 e. The van der Waals surface area contributed by atoms with Crippen molar-refractivity contribution in [3.63, 3.8) is 0 Å². The Labute approximate surface area is 157 Å². The minimum atomic E-state index is -3.24. The van der Waals surface area contributed by atoms with Crippen LogP contribution in [0.5, 0.6) is 0 Å². The van der Waals surface area contributed by atoms with Crippen LogP contribution in [-0.2, 0) is 20.3 Å². The van der Waals surface area contributed by atoms with Crippen LogP contribution < -0.4 is 16.2 Å². The van der Waals surface area contributed by atoms with Crippen LogP contribution in [-0.4, -0.2) is 49.4 Å². The van der Waals surface area contributed by atoms with E-state index in [1.54, 1.807) is 12.1 Å². The Bertz CT molecular complexity index is 969. The Morgan fingerprint density at radius 2 is 2.15 bits per heavy atom. The molecule has 1 fully saturated rings. The molecule has 0 saturated carbocycles. The van der Waals surface area contributed by atoms with Crippen molar-refractivity contribution in [2.24, 2.45) is 0 Å². The van der Waals surface area contributed by atoms with Gasteiger partial charge in [-0.25, -0.2) is 13.4 Å². The van der Waals surface area contributed by atoms with E-state index in [4.69, 9.17) is 10.5 Å². The lowest BCUT2D eigenvalue weighted by Gasteiger charge is -2.30. The van der Waals surface area contributed by atoms with Crippen LogP contribution in [0, 0.1) is 6.92 Å². The van der Waals surface area contributed by atoms with E-state index in [1.807, 2.05) is 17.9 Å². The third-order valence-corrected chi connectivity index (χ3v) is 5.10. The van der Waals surface area contributed by atoms with E-state index < -0.39 is 9.84 Å². The van der Waals surface area contributed by atoms with Crippen LogP contribution in [0.15, 0.2) is 23.0 Å². The molecule has 146 valence electrons. The number of sulfone groups is 1. The second-order valence-electron chi connectivity index (χ2n) is 6.70. The van der Waals surface area contributed by atoms with E-state index in [0.717, 1.165) is 18.4 Å². The Morgan fingerprint density at radius 3 is 2.81 bits per heavy atom. The number of aromatic nitrogens is 3. The summed E-state index contributed by atoms with van der Waals surface area (Å²) >= 11 is 0. The normalized spacial score (nSPS) is 18.3. The number of hydrogen-bond donors (Lipinski definition) is 2. The maximum absolute atomic E-state index is 12.7. The summed E-state index contributed by atoms with van der Waals surface area (Å²) in [5.41, 5.74) is 7.04. The zero-order valence-corrected chi connectivity index (χ0v) is 16.1. The van der Waals surface area contributed by atoms with E-state index >= 15 is 0 Å². The summed E-state index contributed by atoms with van der Waals surface area (Å²) < 4.78 is 28.6. The fourth-order valence-electron chi connectivity index (χ4n) is 3.19. The molecule has 1 aliphatic rings. The monoisotopic (exact) mass is 393 g/mol. The molecule has 3 heterocycles. The first kappa shape index (κ1) is 19.3. The molecule has 1 unspecified atom stereocenters.